The van der Waals surface area contributed by atoms with E-state index in [0.29, 0.717) is 6.61 Å². The molecule has 0 fully saturated rings. The molecule has 1 amide bonds. The zero-order valence-corrected chi connectivity index (χ0v) is 8.86. The highest BCUT2D eigenvalue weighted by Crippen LogP contribution is 1.95. The first-order valence-electron chi connectivity index (χ1n) is 4.47. The number of esters is 1. The van der Waals surface area contributed by atoms with Crippen molar-refractivity contribution in [1.82, 2.24) is 0 Å². The van der Waals surface area contributed by atoms with Crippen molar-refractivity contribution in [3.63, 3.8) is 0 Å². The zero-order valence-electron chi connectivity index (χ0n) is 8.86. The predicted molar refractivity (Wildman–Crippen MR) is 53.6 cm³/mol. The monoisotopic (exact) mass is 216 g/mol. The van der Waals surface area contributed by atoms with Crippen molar-refractivity contribution in [3.05, 3.63) is 11.8 Å². The quantitative estimate of drug-likeness (QED) is 0.501. The predicted octanol–water partition coefficient (Wildman–Crippen LogP) is 0.124. The molecule has 0 aromatic carbocycles. The maximum atomic E-state index is 11.1. The largest absolute Gasteiger partial charge is 0.462 e. The van der Waals surface area contributed by atoms with Gasteiger partial charge in [-0.1, -0.05) is 13.8 Å². The van der Waals surface area contributed by atoms with Crippen molar-refractivity contribution in [2.24, 2.45) is 17.4 Å². The van der Waals surface area contributed by atoms with Crippen LogP contribution in [-0.4, -0.2) is 25.3 Å². The third-order valence-electron chi connectivity index (χ3n) is 1.24. The number of amides is 1. The first-order chi connectivity index (χ1) is 6.91. The van der Waals surface area contributed by atoms with E-state index in [1.54, 1.807) is 0 Å². The molecule has 0 rings (SSSR count). The van der Waals surface area contributed by atoms with Crippen LogP contribution in [0.4, 0.5) is 4.79 Å². The van der Waals surface area contributed by atoms with Crippen LogP contribution in [0.5, 0.6) is 0 Å². The van der Waals surface area contributed by atoms with Crippen molar-refractivity contribution in [2.75, 3.05) is 13.2 Å². The Morgan fingerprint density at radius 3 is 2.33 bits per heavy atom. The average molecular weight is 216 g/mol. The molecule has 6 nitrogen and oxygen atoms in total. The molecule has 0 bridgehead atoms. The molecule has 0 aliphatic rings. The Balaban J connectivity index is 3.89. The third-order valence-corrected chi connectivity index (χ3v) is 1.24. The number of ether oxygens (including phenoxy) is 2. The number of hydrogen-bond acceptors (Lipinski definition) is 5. The molecule has 0 saturated carbocycles. The van der Waals surface area contributed by atoms with Gasteiger partial charge in [-0.25, -0.2) is 9.59 Å². The van der Waals surface area contributed by atoms with Crippen molar-refractivity contribution in [3.8, 4) is 0 Å². The van der Waals surface area contributed by atoms with Gasteiger partial charge in [0.05, 0.1) is 12.3 Å². The molecule has 0 radical (unpaired) electrons. The molecule has 0 heterocycles. The molecule has 0 unspecified atom stereocenters. The molecular formula is C9H16N2O4. The minimum atomic E-state index is -0.943. The molecular weight excluding hydrogens is 200 g/mol. The maximum Gasteiger partial charge on any atom is 0.404 e. The smallest absolute Gasteiger partial charge is 0.404 e. The summed E-state index contributed by atoms with van der Waals surface area (Å²) in [5, 5.41) is 0. The summed E-state index contributed by atoms with van der Waals surface area (Å²) < 4.78 is 9.18. The molecule has 4 N–H and O–H groups in total. The molecule has 0 aromatic heterocycles. The van der Waals surface area contributed by atoms with Crippen molar-refractivity contribution >= 4 is 12.1 Å². The third kappa shape index (κ3) is 8.61. The van der Waals surface area contributed by atoms with Crippen LogP contribution in [0, 0.1) is 5.92 Å². The van der Waals surface area contributed by atoms with E-state index in [9.17, 15) is 9.59 Å². The highest BCUT2D eigenvalue weighted by molar-refractivity contribution is 5.82. The summed E-state index contributed by atoms with van der Waals surface area (Å²) in [7, 11) is 0. The molecule has 0 aliphatic carbocycles. The summed E-state index contributed by atoms with van der Waals surface area (Å²) in [5.41, 5.74) is 10.2. The lowest BCUT2D eigenvalue weighted by Crippen LogP contribution is -2.18. The zero-order chi connectivity index (χ0) is 11.8. The topological polar surface area (TPSA) is 105 Å². The van der Waals surface area contributed by atoms with Crippen LogP contribution in [-0.2, 0) is 14.3 Å². The fourth-order valence-corrected chi connectivity index (χ4v) is 0.638. The molecule has 0 saturated heterocycles. The van der Waals surface area contributed by atoms with E-state index in [2.05, 4.69) is 4.74 Å². The Bertz CT molecular complexity index is 261. The van der Waals surface area contributed by atoms with Gasteiger partial charge in [0.15, 0.2) is 0 Å². The molecule has 0 aliphatic heterocycles. The Morgan fingerprint density at radius 2 is 1.87 bits per heavy atom. The first kappa shape index (κ1) is 13.3. The second-order valence-electron chi connectivity index (χ2n) is 3.35. The summed E-state index contributed by atoms with van der Waals surface area (Å²) >= 11 is 0. The van der Waals surface area contributed by atoms with Crippen LogP contribution >= 0.6 is 0 Å². The molecule has 6 heteroatoms. The van der Waals surface area contributed by atoms with Gasteiger partial charge >= 0.3 is 12.1 Å². The standard InChI is InChI=1S/C9H16N2O4/c1-6(2)4-14-8(12)3-7(10)5-15-9(11)13/h3,6H,4-5,10H2,1-2H3,(H2,11,13). The van der Waals surface area contributed by atoms with E-state index < -0.39 is 12.1 Å². The van der Waals surface area contributed by atoms with Crippen LogP contribution in [0.2, 0.25) is 0 Å². The van der Waals surface area contributed by atoms with Gasteiger partial charge in [-0.05, 0) is 5.92 Å². The highest BCUT2D eigenvalue weighted by Gasteiger charge is 2.03. The number of carbonyl (C=O) groups is 2. The lowest BCUT2D eigenvalue weighted by atomic mass is 10.2. The van der Waals surface area contributed by atoms with Gasteiger partial charge in [0.1, 0.15) is 6.61 Å². The number of hydrogen-bond donors (Lipinski definition) is 2. The number of nitrogens with two attached hydrogens (primary N) is 2. The van der Waals surface area contributed by atoms with Gasteiger partial charge in [0.25, 0.3) is 0 Å². The van der Waals surface area contributed by atoms with Crippen LogP contribution in [0.15, 0.2) is 11.8 Å². The van der Waals surface area contributed by atoms with Gasteiger partial charge in [-0.3, -0.25) is 0 Å². The fraction of sp³-hybridized carbons (Fsp3) is 0.556. The fourth-order valence-electron chi connectivity index (χ4n) is 0.638. The minimum Gasteiger partial charge on any atom is -0.462 e. The van der Waals surface area contributed by atoms with Crippen molar-refractivity contribution in [2.45, 2.75) is 13.8 Å². The summed E-state index contributed by atoms with van der Waals surface area (Å²) in [6.45, 7) is 3.93. The van der Waals surface area contributed by atoms with E-state index in [0.717, 1.165) is 6.08 Å². The second-order valence-corrected chi connectivity index (χ2v) is 3.35. The van der Waals surface area contributed by atoms with Gasteiger partial charge in [-0.15, -0.1) is 0 Å². The van der Waals surface area contributed by atoms with Crippen LogP contribution in [0.3, 0.4) is 0 Å². The minimum absolute atomic E-state index is 0.0857. The number of rotatable bonds is 5. The Kier molecular flexibility index (Phi) is 5.92. The van der Waals surface area contributed by atoms with E-state index >= 15 is 0 Å². The van der Waals surface area contributed by atoms with Gasteiger partial charge < -0.3 is 20.9 Å². The molecule has 86 valence electrons. The molecule has 15 heavy (non-hydrogen) atoms. The molecule has 0 aromatic rings. The van der Waals surface area contributed by atoms with Gasteiger partial charge in [0.2, 0.25) is 0 Å². The van der Waals surface area contributed by atoms with Crippen LogP contribution in [0.1, 0.15) is 13.8 Å². The van der Waals surface area contributed by atoms with Crippen LogP contribution in [0.25, 0.3) is 0 Å². The average Bonchev–Trinajstić information content (AvgIpc) is 2.11. The summed E-state index contributed by atoms with van der Waals surface area (Å²) in [6, 6.07) is 0. The molecule has 0 atom stereocenters. The van der Waals surface area contributed by atoms with Gasteiger partial charge in [-0.2, -0.15) is 0 Å². The number of primary amides is 1. The van der Waals surface area contributed by atoms with Gasteiger partial charge in [0, 0.05) is 6.08 Å². The molecule has 0 spiro atoms. The number of carbonyl (C=O) groups excluding carboxylic acids is 2. The Labute approximate surface area is 88.2 Å². The first-order valence-corrected chi connectivity index (χ1v) is 4.47. The lowest BCUT2D eigenvalue weighted by Gasteiger charge is -2.05. The second kappa shape index (κ2) is 6.69. The Morgan fingerprint density at radius 1 is 1.27 bits per heavy atom. The Hall–Kier alpha value is -1.72. The van der Waals surface area contributed by atoms with E-state index in [1.807, 2.05) is 13.8 Å². The summed E-state index contributed by atoms with van der Waals surface area (Å²) in [5.74, 6) is -0.306. The van der Waals surface area contributed by atoms with E-state index in [-0.39, 0.29) is 18.2 Å². The SMILES string of the molecule is CC(C)COC(=O)C=C(N)COC(N)=O. The summed E-state index contributed by atoms with van der Waals surface area (Å²) in [6.07, 6.45) is 0.118. The van der Waals surface area contributed by atoms with Crippen LogP contribution < -0.4 is 11.5 Å². The lowest BCUT2D eigenvalue weighted by molar-refractivity contribution is -0.138. The van der Waals surface area contributed by atoms with Crippen molar-refractivity contribution in [1.29, 1.82) is 0 Å². The van der Waals surface area contributed by atoms with Crippen molar-refractivity contribution < 1.29 is 19.1 Å². The normalized spacial score (nSPS) is 11.3. The maximum absolute atomic E-state index is 11.1. The van der Waals surface area contributed by atoms with E-state index in [4.69, 9.17) is 16.2 Å². The highest BCUT2D eigenvalue weighted by atomic mass is 16.5. The summed E-state index contributed by atoms with van der Waals surface area (Å²) in [4.78, 5) is 21.3. The van der Waals surface area contributed by atoms with E-state index in [1.165, 1.54) is 0 Å².